The topological polar surface area (TPSA) is 8.17 Å². The quantitative estimate of drug-likeness (QED) is 0.155. The van der Waals surface area contributed by atoms with Gasteiger partial charge in [0.05, 0.1) is 33.5 Å². The Balaban J connectivity index is 1.10. The van der Waals surface area contributed by atoms with E-state index in [4.69, 9.17) is 0 Å². The van der Waals surface area contributed by atoms with Crippen LogP contribution in [0.3, 0.4) is 0 Å². The number of fused-ring (bicyclic) bond motifs is 13. The monoisotopic (exact) mass is 876 g/mol. The zero-order chi connectivity index (χ0) is 45.5. The van der Waals surface area contributed by atoms with Crippen molar-refractivity contribution >= 4 is 38.9 Å². The van der Waals surface area contributed by atoms with Crippen LogP contribution in [0.25, 0.3) is 83.1 Å². The summed E-state index contributed by atoms with van der Waals surface area (Å²) < 4.78 is 2.43. The summed E-state index contributed by atoms with van der Waals surface area (Å²) >= 11 is 0. The summed E-state index contributed by atoms with van der Waals surface area (Å²) in [6.45, 7) is 0. The van der Waals surface area contributed by atoms with E-state index in [1.165, 1.54) is 88.6 Å². The molecule has 0 radical (unpaired) electrons. The molecule has 11 aromatic carbocycles. The molecule has 2 heteroatoms. The first-order chi connectivity index (χ1) is 34.3. The van der Waals surface area contributed by atoms with Crippen molar-refractivity contribution in [2.24, 2.45) is 0 Å². The highest BCUT2D eigenvalue weighted by molar-refractivity contribution is 6.18. The highest BCUT2D eigenvalue weighted by atomic mass is 15.2. The SMILES string of the molecule is c1ccc(-c2ccccc2-c2ccccc2-c2ccccc2N(c2cccc3c2-c2ccccc2C32c3ccccc3-c3ccccc32)c2cccc3c2c2ccccc2n3-c2ccccc2)cc1. The van der Waals surface area contributed by atoms with E-state index in [-0.39, 0.29) is 0 Å². The van der Waals surface area contributed by atoms with Gasteiger partial charge in [0.1, 0.15) is 0 Å². The minimum Gasteiger partial charge on any atom is -0.309 e. The summed E-state index contributed by atoms with van der Waals surface area (Å²) in [4.78, 5) is 2.60. The average Bonchev–Trinajstić information content (AvgIpc) is 4.04. The lowest BCUT2D eigenvalue weighted by molar-refractivity contribution is 0.794. The Labute approximate surface area is 402 Å². The fourth-order valence-electron chi connectivity index (χ4n) is 12.2. The highest BCUT2D eigenvalue weighted by Gasteiger charge is 2.52. The van der Waals surface area contributed by atoms with Gasteiger partial charge in [-0.05, 0) is 109 Å². The molecular formula is C67H44N2. The molecule has 12 aromatic rings. The Morgan fingerprint density at radius 2 is 0.710 bits per heavy atom. The fraction of sp³-hybridized carbons (Fsp3) is 0.0149. The Morgan fingerprint density at radius 3 is 1.41 bits per heavy atom. The van der Waals surface area contributed by atoms with Crippen LogP contribution in [0, 0.1) is 0 Å². The first kappa shape index (κ1) is 39.2. The summed E-state index contributed by atoms with van der Waals surface area (Å²) in [7, 11) is 0. The molecule has 0 atom stereocenters. The largest absolute Gasteiger partial charge is 0.309 e. The molecule has 2 aliphatic carbocycles. The normalized spacial score (nSPS) is 12.8. The van der Waals surface area contributed by atoms with E-state index in [2.05, 4.69) is 276 Å². The highest BCUT2D eigenvalue weighted by Crippen LogP contribution is 2.65. The lowest BCUT2D eigenvalue weighted by Gasteiger charge is -2.33. The second kappa shape index (κ2) is 15.6. The van der Waals surface area contributed by atoms with Crippen molar-refractivity contribution in [3.63, 3.8) is 0 Å². The number of para-hydroxylation sites is 3. The number of anilines is 3. The van der Waals surface area contributed by atoms with Gasteiger partial charge in [0.2, 0.25) is 0 Å². The van der Waals surface area contributed by atoms with Gasteiger partial charge in [-0.3, -0.25) is 0 Å². The molecule has 1 heterocycles. The van der Waals surface area contributed by atoms with E-state index in [1.54, 1.807) is 0 Å². The van der Waals surface area contributed by atoms with Gasteiger partial charge in [-0.1, -0.05) is 224 Å². The summed E-state index contributed by atoms with van der Waals surface area (Å²) in [6, 6.07) is 98.7. The smallest absolute Gasteiger partial charge is 0.0726 e. The Bertz CT molecular complexity index is 3930. The lowest BCUT2D eigenvalue weighted by atomic mass is 9.70. The molecule has 14 rings (SSSR count). The third-order valence-corrected chi connectivity index (χ3v) is 14.8. The summed E-state index contributed by atoms with van der Waals surface area (Å²) in [5.41, 5.74) is 23.8. The molecule has 322 valence electrons. The average molecular weight is 877 g/mol. The van der Waals surface area contributed by atoms with Gasteiger partial charge in [0.15, 0.2) is 0 Å². The molecule has 0 N–H and O–H groups in total. The number of nitrogens with zero attached hydrogens (tertiary/aromatic N) is 2. The van der Waals surface area contributed by atoms with E-state index >= 15 is 0 Å². The van der Waals surface area contributed by atoms with Crippen molar-refractivity contribution < 1.29 is 0 Å². The van der Waals surface area contributed by atoms with Gasteiger partial charge >= 0.3 is 0 Å². The zero-order valence-corrected chi connectivity index (χ0v) is 37.8. The van der Waals surface area contributed by atoms with Crippen molar-refractivity contribution in [1.29, 1.82) is 0 Å². The van der Waals surface area contributed by atoms with Gasteiger partial charge in [-0.2, -0.15) is 0 Å². The van der Waals surface area contributed by atoms with E-state index in [9.17, 15) is 0 Å². The molecule has 0 saturated heterocycles. The molecule has 2 nitrogen and oxygen atoms in total. The molecule has 0 saturated carbocycles. The first-order valence-corrected chi connectivity index (χ1v) is 23.9. The molecule has 2 aliphatic rings. The van der Waals surface area contributed by atoms with Crippen LogP contribution < -0.4 is 4.90 Å². The van der Waals surface area contributed by atoms with Gasteiger partial charge in [-0.25, -0.2) is 0 Å². The van der Waals surface area contributed by atoms with E-state index < -0.39 is 5.41 Å². The maximum absolute atomic E-state index is 2.60. The lowest BCUT2D eigenvalue weighted by Crippen LogP contribution is -2.26. The van der Waals surface area contributed by atoms with Gasteiger partial charge in [0, 0.05) is 27.6 Å². The van der Waals surface area contributed by atoms with Crippen LogP contribution in [0.1, 0.15) is 22.3 Å². The van der Waals surface area contributed by atoms with Gasteiger partial charge < -0.3 is 9.47 Å². The summed E-state index contributed by atoms with van der Waals surface area (Å²) in [5, 5.41) is 2.40. The maximum Gasteiger partial charge on any atom is 0.0726 e. The van der Waals surface area contributed by atoms with Crippen LogP contribution in [0.2, 0.25) is 0 Å². The predicted molar refractivity (Wildman–Crippen MR) is 288 cm³/mol. The maximum atomic E-state index is 2.60. The Morgan fingerprint density at radius 1 is 0.275 bits per heavy atom. The molecule has 0 bridgehead atoms. The van der Waals surface area contributed by atoms with Crippen molar-refractivity contribution in [2.75, 3.05) is 4.90 Å². The second-order valence-corrected chi connectivity index (χ2v) is 18.3. The predicted octanol–water partition coefficient (Wildman–Crippen LogP) is 17.6. The van der Waals surface area contributed by atoms with E-state index in [0.29, 0.717) is 0 Å². The third-order valence-electron chi connectivity index (χ3n) is 14.8. The van der Waals surface area contributed by atoms with Crippen LogP contribution in [-0.4, -0.2) is 4.57 Å². The first-order valence-electron chi connectivity index (χ1n) is 23.9. The van der Waals surface area contributed by atoms with Crippen molar-refractivity contribution in [1.82, 2.24) is 4.57 Å². The van der Waals surface area contributed by atoms with E-state index in [1.807, 2.05) is 0 Å². The number of benzene rings is 11. The fourth-order valence-corrected chi connectivity index (χ4v) is 12.2. The minimum absolute atomic E-state index is 0.497. The number of rotatable bonds is 7. The number of aromatic nitrogens is 1. The molecule has 1 aromatic heterocycles. The van der Waals surface area contributed by atoms with Gasteiger partial charge in [0.25, 0.3) is 0 Å². The van der Waals surface area contributed by atoms with Crippen LogP contribution >= 0.6 is 0 Å². The Kier molecular flexibility index (Phi) is 8.84. The summed E-state index contributed by atoms with van der Waals surface area (Å²) in [6.07, 6.45) is 0. The third kappa shape index (κ3) is 5.67. The van der Waals surface area contributed by atoms with Crippen molar-refractivity contribution in [2.45, 2.75) is 5.41 Å². The second-order valence-electron chi connectivity index (χ2n) is 18.3. The Hall–Kier alpha value is -8.98. The van der Waals surface area contributed by atoms with E-state index in [0.717, 1.165) is 33.8 Å². The van der Waals surface area contributed by atoms with Gasteiger partial charge in [-0.15, -0.1) is 0 Å². The van der Waals surface area contributed by atoms with Crippen molar-refractivity contribution in [3.8, 4) is 61.3 Å². The van der Waals surface area contributed by atoms with Crippen LogP contribution in [-0.2, 0) is 5.41 Å². The molecular weight excluding hydrogens is 833 g/mol. The molecule has 0 amide bonds. The van der Waals surface area contributed by atoms with Crippen LogP contribution in [0.5, 0.6) is 0 Å². The van der Waals surface area contributed by atoms with Crippen molar-refractivity contribution in [3.05, 3.63) is 289 Å². The molecule has 1 spiro atoms. The minimum atomic E-state index is -0.497. The van der Waals surface area contributed by atoms with Crippen LogP contribution in [0.4, 0.5) is 17.1 Å². The molecule has 0 unspecified atom stereocenters. The summed E-state index contributed by atoms with van der Waals surface area (Å²) in [5.74, 6) is 0. The molecule has 69 heavy (non-hydrogen) atoms. The number of hydrogen-bond acceptors (Lipinski definition) is 1. The zero-order valence-electron chi connectivity index (χ0n) is 37.8. The standard InChI is InChI=1S/C67H44N2/c1-3-23-45(24-4-1)47-27-7-8-28-48(47)49-29-9-10-30-50(49)53-33-14-19-40-60(53)69(64-44-22-43-63-66(64)55-35-15-20-41-61(55)68(63)46-25-5-2-6-26-46)62-42-21-39-59-65(62)54-34-13-18-38-58(54)67(59)56-36-16-11-31-51(56)52-32-12-17-37-57(52)67/h1-44H. The van der Waals surface area contributed by atoms with Crippen LogP contribution in [0.15, 0.2) is 267 Å². The number of hydrogen-bond donors (Lipinski definition) is 0. The molecule has 0 fully saturated rings. The molecule has 0 aliphatic heterocycles.